The Labute approximate surface area is 141 Å². The Kier molecular flexibility index (Phi) is 4.99. The summed E-state index contributed by atoms with van der Waals surface area (Å²) in [6, 6.07) is 13.6. The molecule has 1 aliphatic rings. The highest BCUT2D eigenvalue weighted by Gasteiger charge is 2.30. The second-order valence-corrected chi connectivity index (χ2v) is 5.76. The number of nitrogens with one attached hydrogen (secondary N) is 1. The van der Waals surface area contributed by atoms with Crippen LogP contribution in [-0.2, 0) is 0 Å². The van der Waals surface area contributed by atoms with Crippen molar-refractivity contribution in [2.75, 3.05) is 18.5 Å². The van der Waals surface area contributed by atoms with Gasteiger partial charge in [-0.15, -0.1) is 0 Å². The zero-order valence-electron chi connectivity index (χ0n) is 13.7. The largest absolute Gasteiger partial charge is 0.492 e. The third kappa shape index (κ3) is 3.50. The Hall–Kier alpha value is -2.56. The second-order valence-electron chi connectivity index (χ2n) is 5.76. The number of carbonyl (C=O) groups excluding carboxylic acids is 1. The summed E-state index contributed by atoms with van der Waals surface area (Å²) >= 11 is 0. The average molecular weight is 328 g/mol. The number of carbonyl (C=O) groups is 1. The van der Waals surface area contributed by atoms with E-state index in [2.05, 4.69) is 5.32 Å². The van der Waals surface area contributed by atoms with Crippen LogP contribution in [0.1, 0.15) is 31.4 Å². The number of para-hydroxylation sites is 2. The summed E-state index contributed by atoms with van der Waals surface area (Å²) in [5, 5.41) is 2.94. The van der Waals surface area contributed by atoms with Gasteiger partial charge in [0.05, 0.1) is 18.3 Å². The van der Waals surface area contributed by atoms with Gasteiger partial charge in [-0.25, -0.2) is 9.18 Å². The lowest BCUT2D eigenvalue weighted by Gasteiger charge is -2.26. The molecular formula is C19H21FN2O2. The molecule has 0 spiro atoms. The fourth-order valence-corrected chi connectivity index (χ4v) is 3.08. The molecule has 1 atom stereocenters. The van der Waals surface area contributed by atoms with Gasteiger partial charge in [0.15, 0.2) is 0 Å². The summed E-state index contributed by atoms with van der Waals surface area (Å²) in [6.07, 6.45) is 1.81. The number of halogens is 1. The first-order valence-corrected chi connectivity index (χ1v) is 8.24. The summed E-state index contributed by atoms with van der Waals surface area (Å²) in [4.78, 5) is 14.5. The van der Waals surface area contributed by atoms with Crippen LogP contribution in [0.4, 0.5) is 14.9 Å². The van der Waals surface area contributed by atoms with E-state index in [4.69, 9.17) is 4.74 Å². The van der Waals surface area contributed by atoms with E-state index in [1.807, 2.05) is 31.2 Å². The lowest BCUT2D eigenvalue weighted by atomic mass is 10.0. The van der Waals surface area contributed by atoms with Gasteiger partial charge >= 0.3 is 6.03 Å². The highest BCUT2D eigenvalue weighted by molar-refractivity contribution is 5.91. The minimum absolute atomic E-state index is 0.0233. The van der Waals surface area contributed by atoms with E-state index in [0.717, 1.165) is 18.4 Å². The molecule has 0 bridgehead atoms. The minimum atomic E-state index is -0.265. The highest BCUT2D eigenvalue weighted by Crippen LogP contribution is 2.33. The molecule has 2 amide bonds. The first-order chi connectivity index (χ1) is 11.7. The first kappa shape index (κ1) is 16.3. The van der Waals surface area contributed by atoms with Crippen molar-refractivity contribution in [2.24, 2.45) is 0 Å². The molecule has 0 aromatic heterocycles. The maximum absolute atomic E-state index is 13.1. The zero-order valence-corrected chi connectivity index (χ0v) is 13.7. The van der Waals surface area contributed by atoms with Crippen LogP contribution < -0.4 is 10.1 Å². The van der Waals surface area contributed by atoms with E-state index in [1.54, 1.807) is 17.0 Å². The third-order valence-electron chi connectivity index (χ3n) is 4.20. The number of anilines is 1. The molecule has 0 saturated carbocycles. The molecule has 5 heteroatoms. The van der Waals surface area contributed by atoms with Gasteiger partial charge in [0, 0.05) is 6.54 Å². The maximum atomic E-state index is 13.1. The van der Waals surface area contributed by atoms with Crippen LogP contribution in [0.15, 0.2) is 48.5 Å². The quantitative estimate of drug-likeness (QED) is 0.891. The third-order valence-corrected chi connectivity index (χ3v) is 4.20. The summed E-state index contributed by atoms with van der Waals surface area (Å²) in [5.74, 6) is 0.393. The highest BCUT2D eigenvalue weighted by atomic mass is 19.1. The van der Waals surface area contributed by atoms with Crippen LogP contribution in [0.25, 0.3) is 0 Å². The van der Waals surface area contributed by atoms with Crippen LogP contribution in [0, 0.1) is 5.82 Å². The molecule has 0 unspecified atom stereocenters. The van der Waals surface area contributed by atoms with Crippen LogP contribution in [0.3, 0.4) is 0 Å². The molecule has 1 saturated heterocycles. The predicted molar refractivity (Wildman–Crippen MR) is 91.7 cm³/mol. The number of nitrogens with zero attached hydrogens (tertiary/aromatic N) is 1. The fraction of sp³-hybridized carbons (Fsp3) is 0.316. The average Bonchev–Trinajstić information content (AvgIpc) is 3.07. The van der Waals surface area contributed by atoms with Crippen molar-refractivity contribution in [2.45, 2.75) is 25.8 Å². The number of rotatable bonds is 4. The number of amides is 2. The maximum Gasteiger partial charge on any atom is 0.322 e. The second kappa shape index (κ2) is 7.34. The molecule has 1 heterocycles. The Morgan fingerprint density at radius 3 is 2.75 bits per heavy atom. The van der Waals surface area contributed by atoms with Gasteiger partial charge in [0.25, 0.3) is 0 Å². The molecule has 4 nitrogen and oxygen atoms in total. The summed E-state index contributed by atoms with van der Waals surface area (Å²) in [5.41, 5.74) is 1.62. The van der Waals surface area contributed by atoms with E-state index < -0.39 is 0 Å². The van der Waals surface area contributed by atoms with Gasteiger partial charge in [0.1, 0.15) is 11.6 Å². The van der Waals surface area contributed by atoms with Gasteiger partial charge in [-0.05, 0) is 49.6 Å². The van der Waals surface area contributed by atoms with Crippen molar-refractivity contribution in [3.8, 4) is 5.75 Å². The fourth-order valence-electron chi connectivity index (χ4n) is 3.08. The van der Waals surface area contributed by atoms with E-state index in [0.29, 0.717) is 24.6 Å². The Bertz CT molecular complexity index is 703. The van der Waals surface area contributed by atoms with Crippen LogP contribution in [-0.4, -0.2) is 24.1 Å². The first-order valence-electron chi connectivity index (χ1n) is 8.24. The van der Waals surface area contributed by atoms with Crippen molar-refractivity contribution >= 4 is 11.7 Å². The summed E-state index contributed by atoms with van der Waals surface area (Å²) < 4.78 is 18.7. The van der Waals surface area contributed by atoms with Crippen molar-refractivity contribution in [3.05, 3.63) is 59.9 Å². The molecule has 2 aromatic rings. The summed E-state index contributed by atoms with van der Waals surface area (Å²) in [7, 11) is 0. The number of hydrogen-bond donors (Lipinski definition) is 1. The monoisotopic (exact) mass is 328 g/mol. The van der Waals surface area contributed by atoms with Gasteiger partial charge in [0.2, 0.25) is 0 Å². The SMILES string of the molecule is CCOc1ccccc1NC(=O)N1CCC[C@@H]1c1ccc(F)cc1. The lowest BCUT2D eigenvalue weighted by molar-refractivity contribution is 0.207. The van der Waals surface area contributed by atoms with E-state index in [1.165, 1.54) is 12.1 Å². The smallest absolute Gasteiger partial charge is 0.322 e. The van der Waals surface area contributed by atoms with E-state index in [-0.39, 0.29) is 17.9 Å². The number of hydrogen-bond acceptors (Lipinski definition) is 2. The van der Waals surface area contributed by atoms with E-state index >= 15 is 0 Å². The lowest BCUT2D eigenvalue weighted by Crippen LogP contribution is -2.34. The molecule has 1 N–H and O–H groups in total. The zero-order chi connectivity index (χ0) is 16.9. The number of likely N-dealkylation sites (tertiary alicyclic amines) is 1. The van der Waals surface area contributed by atoms with Crippen molar-refractivity contribution in [1.29, 1.82) is 0 Å². The Balaban J connectivity index is 1.75. The molecule has 24 heavy (non-hydrogen) atoms. The molecule has 1 fully saturated rings. The number of urea groups is 1. The molecular weight excluding hydrogens is 307 g/mol. The molecule has 0 radical (unpaired) electrons. The number of benzene rings is 2. The molecule has 126 valence electrons. The van der Waals surface area contributed by atoms with Crippen LogP contribution >= 0.6 is 0 Å². The molecule has 1 aliphatic heterocycles. The van der Waals surface area contributed by atoms with Gasteiger partial charge in [-0.2, -0.15) is 0 Å². The summed E-state index contributed by atoms with van der Waals surface area (Å²) in [6.45, 7) is 3.13. The van der Waals surface area contributed by atoms with Gasteiger partial charge in [-0.1, -0.05) is 24.3 Å². The molecule has 0 aliphatic carbocycles. The van der Waals surface area contributed by atoms with Crippen molar-refractivity contribution < 1.29 is 13.9 Å². The molecule has 2 aromatic carbocycles. The van der Waals surface area contributed by atoms with Gasteiger partial charge < -0.3 is 15.0 Å². The van der Waals surface area contributed by atoms with Gasteiger partial charge in [-0.3, -0.25) is 0 Å². The topological polar surface area (TPSA) is 41.6 Å². The van der Waals surface area contributed by atoms with Crippen LogP contribution in [0.5, 0.6) is 5.75 Å². The standard InChI is InChI=1S/C19H21FN2O2/c1-2-24-18-8-4-3-6-16(18)21-19(23)22-13-5-7-17(22)14-9-11-15(20)12-10-14/h3-4,6,8-12,17H,2,5,7,13H2,1H3,(H,21,23)/t17-/m1/s1. The Morgan fingerprint density at radius 2 is 2.00 bits per heavy atom. The Morgan fingerprint density at radius 1 is 1.25 bits per heavy atom. The van der Waals surface area contributed by atoms with Crippen LogP contribution in [0.2, 0.25) is 0 Å². The predicted octanol–water partition coefficient (Wildman–Crippen LogP) is 4.59. The number of ether oxygens (including phenoxy) is 1. The molecule has 3 rings (SSSR count). The van der Waals surface area contributed by atoms with E-state index in [9.17, 15) is 9.18 Å². The van der Waals surface area contributed by atoms with Crippen molar-refractivity contribution in [3.63, 3.8) is 0 Å². The van der Waals surface area contributed by atoms with Crippen molar-refractivity contribution in [1.82, 2.24) is 4.90 Å². The normalized spacial score (nSPS) is 16.9. The minimum Gasteiger partial charge on any atom is -0.492 e.